The topological polar surface area (TPSA) is 33.5 Å². The number of fused-ring (bicyclic) bond motifs is 6. The summed E-state index contributed by atoms with van der Waals surface area (Å²) in [5.41, 5.74) is 22.9. The maximum absolute atomic E-state index is 7.37. The second-order valence-corrected chi connectivity index (χ2v) is 27.3. The Morgan fingerprint density at radius 3 is 1.76 bits per heavy atom. The van der Waals surface area contributed by atoms with Crippen LogP contribution in [-0.4, -0.2) is 16.2 Å². The molecule has 0 fully saturated rings. The number of para-hydroxylation sites is 3. The van der Waals surface area contributed by atoms with Gasteiger partial charge in [0.2, 0.25) is 0 Å². The maximum atomic E-state index is 7.37. The molecular weight excluding hydrogens is 1050 g/mol. The predicted molar refractivity (Wildman–Crippen MR) is 364 cm³/mol. The van der Waals surface area contributed by atoms with Gasteiger partial charge < -0.3 is 14.5 Å². The zero-order valence-electron chi connectivity index (χ0n) is 51.3. The number of hydrogen-bond acceptors (Lipinski definition) is 5. The molecule has 0 N–H and O–H groups in total. The van der Waals surface area contributed by atoms with Crippen LogP contribution in [0.4, 0.5) is 22.7 Å². The van der Waals surface area contributed by atoms with E-state index in [1.165, 1.54) is 98.1 Å². The van der Waals surface area contributed by atoms with E-state index in [2.05, 4.69) is 298 Å². The molecule has 5 nitrogen and oxygen atoms in total. The highest BCUT2D eigenvalue weighted by atomic mass is 32.1. The molecule has 4 heterocycles. The van der Waals surface area contributed by atoms with E-state index in [0.29, 0.717) is 12.6 Å². The molecule has 1 aliphatic heterocycles. The summed E-state index contributed by atoms with van der Waals surface area (Å²) in [5.74, 6) is 3.36. The summed E-state index contributed by atoms with van der Waals surface area (Å²) in [6.07, 6.45) is 1.88. The van der Waals surface area contributed by atoms with Crippen LogP contribution in [0, 0.1) is 0 Å². The summed E-state index contributed by atoms with van der Waals surface area (Å²) in [6.45, 7) is 28.6. The molecule has 85 heavy (non-hydrogen) atoms. The predicted octanol–water partition coefficient (Wildman–Crippen LogP) is 23.1. The number of hydrogen-bond donors (Lipinski definition) is 0. The summed E-state index contributed by atoms with van der Waals surface area (Å²) < 4.78 is 12.2. The van der Waals surface area contributed by atoms with Gasteiger partial charge in [-0.05, 0) is 150 Å². The van der Waals surface area contributed by atoms with E-state index in [-0.39, 0.29) is 22.7 Å². The van der Waals surface area contributed by atoms with Gasteiger partial charge in [-0.15, -0.1) is 11.3 Å². The van der Waals surface area contributed by atoms with Crippen molar-refractivity contribution in [3.8, 4) is 61.8 Å². The van der Waals surface area contributed by atoms with E-state index in [1.54, 1.807) is 0 Å². The third-order valence-electron chi connectivity index (χ3n) is 17.3. The largest absolute Gasteiger partial charge is 0.457 e. The number of thiophene rings is 1. The molecule has 1 aliphatic rings. The third kappa shape index (κ3) is 10.3. The number of pyridine rings is 1. The minimum absolute atomic E-state index is 0.0693. The molecule has 9 aromatic carbocycles. The van der Waals surface area contributed by atoms with Crippen molar-refractivity contribution < 1.29 is 4.74 Å². The highest BCUT2D eigenvalue weighted by Gasteiger charge is 2.34. The van der Waals surface area contributed by atoms with Crippen LogP contribution in [0.5, 0.6) is 11.5 Å². The lowest BCUT2D eigenvalue weighted by Gasteiger charge is -2.30. The minimum atomic E-state index is -0.0693. The molecule has 424 valence electrons. The Morgan fingerprint density at radius 2 is 1.09 bits per heavy atom. The fourth-order valence-corrected chi connectivity index (χ4v) is 13.9. The van der Waals surface area contributed by atoms with E-state index in [1.807, 2.05) is 23.6 Å². The number of anilines is 4. The van der Waals surface area contributed by atoms with E-state index < -0.39 is 0 Å². The van der Waals surface area contributed by atoms with Gasteiger partial charge in [-0.25, -0.2) is 4.98 Å². The second kappa shape index (κ2) is 21.7. The Hall–Kier alpha value is -8.71. The zero-order chi connectivity index (χ0) is 59.1. The third-order valence-corrected chi connectivity index (χ3v) is 18.5. The van der Waals surface area contributed by atoms with Crippen molar-refractivity contribution in [1.29, 1.82) is 0 Å². The molecule has 0 spiro atoms. The number of nitrogens with zero attached hydrogens (tertiary/aromatic N) is 4. The zero-order valence-corrected chi connectivity index (χ0v) is 52.1. The monoisotopic (exact) mass is 1130 g/mol. The van der Waals surface area contributed by atoms with Gasteiger partial charge in [0.15, 0.2) is 0 Å². The molecule has 0 saturated heterocycles. The number of benzene rings is 9. The minimum Gasteiger partial charge on any atom is -0.457 e. The standard InChI is InChI=1S/C79H76N4OS/c1-49(2)55-43-67(50(3)4)74(68(44-55)51(5)6)57-41-60(46-62(42-57)84-61-35-36-65-71(47-61)83(73-34-20-21-37-80-73)76-66-28-16-19-33-72(66)85-77(65)76)81-48-82(70-32-18-17-31-69(70)81)75-63(54-27-22-26-53(38-54)52-24-14-13-15-25-52)29-23-30-64(75)56-39-58(78(7,8)9)45-59(40-56)79(10,11)12/h13-47,49-51H,48H2,1-12H3. The SMILES string of the molecule is CC(C)c1cc(C(C)C)c(-c2cc(Oc3ccc4c5sc6ccccc6c5n(-c5ccccn5)c4c3)cc(N3CN(c4c(-c5cccc(-c6ccccc6)c5)cccc4-c4cc(C(C)(C)C)cc(C(C)(C)C)c4)c4ccccc43)c2)c(C(C)C)c1. The van der Waals surface area contributed by atoms with Gasteiger partial charge >= 0.3 is 0 Å². The summed E-state index contributed by atoms with van der Waals surface area (Å²) in [5, 5.41) is 2.40. The molecule has 0 atom stereocenters. The lowest BCUT2D eigenvalue weighted by Crippen LogP contribution is -2.25. The summed E-state index contributed by atoms with van der Waals surface area (Å²) >= 11 is 1.84. The molecular formula is C79H76N4OS. The van der Waals surface area contributed by atoms with Crippen LogP contribution >= 0.6 is 11.3 Å². The van der Waals surface area contributed by atoms with Crippen LogP contribution in [-0.2, 0) is 10.8 Å². The molecule has 0 saturated carbocycles. The smallest absolute Gasteiger partial charge is 0.137 e. The van der Waals surface area contributed by atoms with Gasteiger partial charge in [0.1, 0.15) is 24.0 Å². The highest BCUT2D eigenvalue weighted by Crippen LogP contribution is 2.53. The average molecular weight is 1130 g/mol. The molecule has 6 heteroatoms. The molecule has 0 unspecified atom stereocenters. The number of rotatable bonds is 12. The van der Waals surface area contributed by atoms with E-state index >= 15 is 0 Å². The van der Waals surface area contributed by atoms with Gasteiger partial charge in [0.05, 0.1) is 32.8 Å². The maximum Gasteiger partial charge on any atom is 0.137 e. The first-order valence-corrected chi connectivity index (χ1v) is 31.2. The molecule has 0 amide bonds. The van der Waals surface area contributed by atoms with Crippen LogP contribution in [0.3, 0.4) is 0 Å². The highest BCUT2D eigenvalue weighted by molar-refractivity contribution is 7.26. The first-order valence-electron chi connectivity index (χ1n) is 30.4. The van der Waals surface area contributed by atoms with Crippen LogP contribution in [0.2, 0.25) is 0 Å². The van der Waals surface area contributed by atoms with Crippen LogP contribution < -0.4 is 14.5 Å². The van der Waals surface area contributed by atoms with Crippen LogP contribution in [0.1, 0.15) is 129 Å². The van der Waals surface area contributed by atoms with Crippen molar-refractivity contribution in [3.05, 3.63) is 240 Å². The van der Waals surface area contributed by atoms with Gasteiger partial charge in [-0.1, -0.05) is 217 Å². The molecule has 3 aromatic heterocycles. The number of ether oxygens (including phenoxy) is 1. The van der Waals surface area contributed by atoms with Crippen molar-refractivity contribution in [2.24, 2.45) is 0 Å². The Kier molecular flexibility index (Phi) is 14.2. The van der Waals surface area contributed by atoms with Crippen molar-refractivity contribution >= 4 is 65.3 Å². The first-order chi connectivity index (χ1) is 40.9. The Labute approximate surface area is 506 Å². The lowest BCUT2D eigenvalue weighted by molar-refractivity contribution is 0.483. The lowest BCUT2D eigenvalue weighted by atomic mass is 9.78. The van der Waals surface area contributed by atoms with Crippen LogP contribution in [0.15, 0.2) is 212 Å². The fourth-order valence-electron chi connectivity index (χ4n) is 12.7. The summed E-state index contributed by atoms with van der Waals surface area (Å²) in [6, 6.07) is 76.5. The van der Waals surface area contributed by atoms with Crippen molar-refractivity contribution in [1.82, 2.24) is 9.55 Å². The molecule has 0 aliphatic carbocycles. The van der Waals surface area contributed by atoms with E-state index in [4.69, 9.17) is 9.72 Å². The van der Waals surface area contributed by atoms with Crippen molar-refractivity contribution in [2.45, 2.75) is 112 Å². The molecule has 12 aromatic rings. The first kappa shape index (κ1) is 55.5. The van der Waals surface area contributed by atoms with Gasteiger partial charge in [0.25, 0.3) is 0 Å². The fraction of sp³-hybridized carbons (Fsp3) is 0.228. The van der Waals surface area contributed by atoms with Gasteiger partial charge in [-0.2, -0.15) is 0 Å². The van der Waals surface area contributed by atoms with Crippen molar-refractivity contribution in [2.75, 3.05) is 16.5 Å². The van der Waals surface area contributed by atoms with E-state index in [0.717, 1.165) is 45.5 Å². The van der Waals surface area contributed by atoms with E-state index in [9.17, 15) is 0 Å². The van der Waals surface area contributed by atoms with Crippen molar-refractivity contribution in [3.63, 3.8) is 0 Å². The van der Waals surface area contributed by atoms with Gasteiger partial charge in [-0.3, -0.25) is 4.57 Å². The molecule has 0 bridgehead atoms. The second-order valence-electron chi connectivity index (χ2n) is 26.3. The molecule has 0 radical (unpaired) electrons. The summed E-state index contributed by atoms with van der Waals surface area (Å²) in [4.78, 5) is 10.0. The Bertz CT molecular complexity index is 4430. The number of aromatic nitrogens is 2. The Balaban J connectivity index is 1.02. The quantitative estimate of drug-likeness (QED) is 0.122. The average Bonchev–Trinajstić information content (AvgIpc) is 2.33. The van der Waals surface area contributed by atoms with Gasteiger partial charge in [0, 0.05) is 50.6 Å². The Morgan fingerprint density at radius 1 is 0.471 bits per heavy atom. The van der Waals surface area contributed by atoms with Crippen LogP contribution in [0.25, 0.3) is 81.5 Å². The summed E-state index contributed by atoms with van der Waals surface area (Å²) in [7, 11) is 0. The molecule has 13 rings (SSSR count). The normalized spacial score (nSPS) is 12.9.